The largest absolute Gasteiger partial charge is 0.436 e. The molecule has 0 spiro atoms. The molecule has 0 aliphatic rings. The Bertz CT molecular complexity index is 2010. The highest BCUT2D eigenvalue weighted by molar-refractivity contribution is 9.11. The van der Waals surface area contributed by atoms with E-state index in [1.54, 1.807) is 0 Å². The summed E-state index contributed by atoms with van der Waals surface area (Å²) in [6, 6.07) is 34.6. The number of hydrogen-bond donors (Lipinski definition) is 0. The minimum atomic E-state index is 0.597. The van der Waals surface area contributed by atoms with Crippen LogP contribution in [0.1, 0.15) is 0 Å². The molecule has 0 saturated heterocycles. The summed E-state index contributed by atoms with van der Waals surface area (Å²) in [7, 11) is 0. The molecule has 5 aromatic carbocycles. The Balaban J connectivity index is 1.40. The van der Waals surface area contributed by atoms with Gasteiger partial charge in [0.15, 0.2) is 11.2 Å². The van der Waals surface area contributed by atoms with Crippen molar-refractivity contribution >= 4 is 75.9 Å². The number of para-hydroxylation sites is 4. The first-order valence-electron chi connectivity index (χ1n) is 12.4. The summed E-state index contributed by atoms with van der Waals surface area (Å²) in [5.74, 6) is 1.19. The summed E-state index contributed by atoms with van der Waals surface area (Å²) in [6.45, 7) is 0. The van der Waals surface area contributed by atoms with Gasteiger partial charge in [0.2, 0.25) is 11.8 Å². The topological polar surface area (TPSA) is 57.0 Å². The summed E-state index contributed by atoms with van der Waals surface area (Å²) >= 11 is 7.32. The van der Waals surface area contributed by atoms with Crippen molar-refractivity contribution in [2.24, 2.45) is 0 Å². The zero-order chi connectivity index (χ0) is 26.1. The molecule has 0 radical (unpaired) electrons. The summed E-state index contributed by atoms with van der Waals surface area (Å²) < 4.78 is 16.5. The Hall–Kier alpha value is -4.20. The number of halogens is 2. The zero-order valence-electron chi connectivity index (χ0n) is 20.2. The number of nitrogens with zero attached hydrogens (tertiary/aromatic N) is 3. The van der Waals surface area contributed by atoms with Crippen molar-refractivity contribution < 1.29 is 8.83 Å². The van der Waals surface area contributed by atoms with Gasteiger partial charge in [-0.2, -0.15) is 0 Å². The van der Waals surface area contributed by atoms with Crippen LogP contribution in [0.5, 0.6) is 0 Å². The molecule has 39 heavy (non-hydrogen) atoms. The van der Waals surface area contributed by atoms with Crippen LogP contribution in [0.15, 0.2) is 121 Å². The lowest BCUT2D eigenvalue weighted by Gasteiger charge is -2.09. The van der Waals surface area contributed by atoms with E-state index in [2.05, 4.69) is 85.0 Å². The van der Waals surface area contributed by atoms with Crippen LogP contribution < -0.4 is 0 Å². The maximum Gasteiger partial charge on any atom is 0.227 e. The highest BCUT2D eigenvalue weighted by Gasteiger charge is 2.18. The standard InChI is InChI=1S/C32H17Br2N3O2/c33-20-15-21(34)17-22(16-20)37-27-11-9-18(31-35-25-5-1-3-7-29(25)38-31)13-23(27)24-14-19(10-12-28(24)37)32-36-26-6-2-4-8-30(26)39-32/h1-17H. The molecule has 0 saturated carbocycles. The van der Waals surface area contributed by atoms with E-state index in [9.17, 15) is 0 Å². The fourth-order valence-corrected chi connectivity index (χ4v) is 6.50. The molecule has 3 heterocycles. The smallest absolute Gasteiger partial charge is 0.227 e. The van der Waals surface area contributed by atoms with Gasteiger partial charge in [0, 0.05) is 36.5 Å². The van der Waals surface area contributed by atoms with Crippen molar-refractivity contribution in [2.75, 3.05) is 0 Å². The van der Waals surface area contributed by atoms with E-state index in [1.807, 2.05) is 54.6 Å². The number of benzene rings is 5. The second kappa shape index (κ2) is 8.66. The van der Waals surface area contributed by atoms with Gasteiger partial charge in [-0.3, -0.25) is 0 Å². The van der Waals surface area contributed by atoms with Crippen LogP contribution in [0, 0.1) is 0 Å². The lowest BCUT2D eigenvalue weighted by molar-refractivity contribution is 0.619. The third-order valence-corrected chi connectivity index (χ3v) is 7.87. The van der Waals surface area contributed by atoms with Gasteiger partial charge < -0.3 is 13.4 Å². The first-order valence-corrected chi connectivity index (χ1v) is 14.0. The Kier molecular flexibility index (Phi) is 5.05. The quantitative estimate of drug-likeness (QED) is 0.194. The Labute approximate surface area is 239 Å². The van der Waals surface area contributed by atoms with Crippen LogP contribution in [-0.2, 0) is 0 Å². The summed E-state index contributed by atoms with van der Waals surface area (Å²) in [4.78, 5) is 9.47. The fourth-order valence-electron chi connectivity index (χ4n) is 5.23. The molecule has 0 unspecified atom stereocenters. The molecule has 8 aromatic rings. The van der Waals surface area contributed by atoms with Gasteiger partial charge in [-0.05, 0) is 78.9 Å². The first-order chi connectivity index (χ1) is 19.1. The predicted molar refractivity (Wildman–Crippen MR) is 162 cm³/mol. The average molecular weight is 635 g/mol. The van der Waals surface area contributed by atoms with E-state index in [1.165, 1.54) is 0 Å². The molecule has 0 aliphatic carbocycles. The lowest BCUT2D eigenvalue weighted by atomic mass is 10.1. The number of rotatable bonds is 3. The lowest BCUT2D eigenvalue weighted by Crippen LogP contribution is -1.94. The van der Waals surface area contributed by atoms with E-state index in [4.69, 9.17) is 18.8 Å². The van der Waals surface area contributed by atoms with Crippen LogP contribution >= 0.6 is 31.9 Å². The molecular formula is C32H17Br2N3O2. The van der Waals surface area contributed by atoms with Gasteiger partial charge >= 0.3 is 0 Å². The van der Waals surface area contributed by atoms with Crippen molar-refractivity contribution in [1.29, 1.82) is 0 Å². The highest BCUT2D eigenvalue weighted by atomic mass is 79.9. The fraction of sp³-hybridized carbons (Fsp3) is 0. The monoisotopic (exact) mass is 633 g/mol. The molecule has 186 valence electrons. The molecule has 0 aliphatic heterocycles. The van der Waals surface area contributed by atoms with Crippen LogP contribution in [0.25, 0.3) is 72.6 Å². The van der Waals surface area contributed by atoms with E-state index < -0.39 is 0 Å². The van der Waals surface area contributed by atoms with Crippen molar-refractivity contribution in [2.45, 2.75) is 0 Å². The summed E-state index contributed by atoms with van der Waals surface area (Å²) in [5, 5.41) is 2.16. The average Bonchev–Trinajstić information content (AvgIpc) is 3.65. The number of hydrogen-bond acceptors (Lipinski definition) is 4. The second-order valence-corrected chi connectivity index (χ2v) is 11.2. The number of aromatic nitrogens is 3. The molecule has 0 N–H and O–H groups in total. The van der Waals surface area contributed by atoms with Gasteiger partial charge in [-0.15, -0.1) is 0 Å². The van der Waals surface area contributed by atoms with E-state index in [0.29, 0.717) is 11.8 Å². The Morgan fingerprint density at radius 2 is 1.03 bits per heavy atom. The normalized spacial score (nSPS) is 11.8. The van der Waals surface area contributed by atoms with Gasteiger partial charge in [0.1, 0.15) is 11.0 Å². The Morgan fingerprint density at radius 1 is 0.538 bits per heavy atom. The van der Waals surface area contributed by atoms with Crippen LogP contribution in [0.4, 0.5) is 0 Å². The van der Waals surface area contributed by atoms with Gasteiger partial charge in [0.25, 0.3) is 0 Å². The summed E-state index contributed by atoms with van der Waals surface area (Å²) in [6.07, 6.45) is 0. The molecule has 8 rings (SSSR count). The minimum absolute atomic E-state index is 0.597. The van der Waals surface area contributed by atoms with Gasteiger partial charge in [-0.1, -0.05) is 56.1 Å². The molecule has 0 bridgehead atoms. The molecule has 0 fully saturated rings. The molecule has 0 atom stereocenters. The SMILES string of the molecule is Brc1cc(Br)cc(-n2c3ccc(-c4nc5ccccc5o4)cc3c3cc(-c4nc5ccccc5o4)ccc32)c1. The summed E-state index contributed by atoms with van der Waals surface area (Å²) in [5.41, 5.74) is 8.24. The Morgan fingerprint density at radius 3 is 1.51 bits per heavy atom. The molecule has 3 aromatic heterocycles. The number of oxazole rings is 2. The van der Waals surface area contributed by atoms with Crippen molar-refractivity contribution in [3.8, 4) is 28.6 Å². The molecular weight excluding hydrogens is 618 g/mol. The maximum absolute atomic E-state index is 6.11. The van der Waals surface area contributed by atoms with Crippen molar-refractivity contribution in [3.63, 3.8) is 0 Å². The van der Waals surface area contributed by atoms with E-state index in [0.717, 1.165) is 69.8 Å². The zero-order valence-corrected chi connectivity index (χ0v) is 23.4. The predicted octanol–water partition coefficient (Wildman–Crippen LogP) is 9.93. The van der Waals surface area contributed by atoms with Crippen LogP contribution in [0.3, 0.4) is 0 Å². The highest BCUT2D eigenvalue weighted by Crippen LogP contribution is 2.38. The van der Waals surface area contributed by atoms with E-state index in [-0.39, 0.29) is 0 Å². The van der Waals surface area contributed by atoms with Crippen LogP contribution in [0.2, 0.25) is 0 Å². The third-order valence-electron chi connectivity index (χ3n) is 6.95. The number of fused-ring (bicyclic) bond motifs is 5. The molecule has 5 nitrogen and oxygen atoms in total. The van der Waals surface area contributed by atoms with Crippen molar-refractivity contribution in [3.05, 3.63) is 112 Å². The second-order valence-electron chi connectivity index (χ2n) is 9.40. The van der Waals surface area contributed by atoms with E-state index >= 15 is 0 Å². The van der Waals surface area contributed by atoms with Gasteiger partial charge in [0.05, 0.1) is 11.0 Å². The van der Waals surface area contributed by atoms with Crippen molar-refractivity contribution in [1.82, 2.24) is 14.5 Å². The maximum atomic E-state index is 6.11. The molecule has 7 heteroatoms. The minimum Gasteiger partial charge on any atom is -0.436 e. The van der Waals surface area contributed by atoms with Gasteiger partial charge in [-0.25, -0.2) is 9.97 Å². The first kappa shape index (κ1) is 22.8. The van der Waals surface area contributed by atoms with Crippen LogP contribution in [-0.4, -0.2) is 14.5 Å². The molecule has 0 amide bonds. The third kappa shape index (κ3) is 3.72.